The lowest BCUT2D eigenvalue weighted by atomic mass is 10.1. The minimum absolute atomic E-state index is 0.0205. The summed E-state index contributed by atoms with van der Waals surface area (Å²) in [6.07, 6.45) is 1.17. The third-order valence-electron chi connectivity index (χ3n) is 4.50. The van der Waals surface area contributed by atoms with Crippen molar-refractivity contribution in [3.63, 3.8) is 0 Å². The van der Waals surface area contributed by atoms with Gasteiger partial charge in [-0.15, -0.1) is 9.81 Å². The molecule has 0 spiro atoms. The van der Waals surface area contributed by atoms with Crippen LogP contribution in [0.15, 0.2) is 27.6 Å². The number of carboxylic acid groups (broad SMARTS) is 1. The number of ether oxygens (including phenoxy) is 1. The number of likely N-dealkylation sites (N-methyl/N-ethyl adjacent to an activating group) is 1. The number of nitroso groups, excluding NO2 is 2. The first kappa shape index (κ1) is 19.2. The largest absolute Gasteiger partial charge is 0.487 e. The van der Waals surface area contributed by atoms with Crippen LogP contribution in [0.5, 0.6) is 5.75 Å². The van der Waals surface area contributed by atoms with Crippen LogP contribution in [0.25, 0.3) is 10.9 Å². The first-order valence-electron chi connectivity index (χ1n) is 8.22. The molecular weight excluding hydrogens is 377 g/mol. The molecule has 1 aromatic carbocycles. The van der Waals surface area contributed by atoms with Crippen molar-refractivity contribution in [3.8, 4) is 5.75 Å². The minimum Gasteiger partial charge on any atom is -0.487 e. The van der Waals surface area contributed by atoms with E-state index in [1.807, 2.05) is 0 Å². The fourth-order valence-corrected chi connectivity index (χ4v) is 3.08. The van der Waals surface area contributed by atoms with Gasteiger partial charge in [-0.2, -0.15) is 0 Å². The van der Waals surface area contributed by atoms with Crippen molar-refractivity contribution in [2.24, 2.45) is 10.6 Å². The third kappa shape index (κ3) is 3.02. The van der Waals surface area contributed by atoms with Crippen LogP contribution in [-0.4, -0.2) is 47.4 Å². The molecule has 28 heavy (non-hydrogen) atoms. The molecule has 1 atom stereocenters. The topological polar surface area (TPSA) is 134 Å². The molecule has 0 saturated heterocycles. The number of hydrogen-bond donors (Lipinski definition) is 1. The number of halogens is 1. The molecule has 0 bridgehead atoms. The molecule has 0 amide bonds. The van der Waals surface area contributed by atoms with E-state index in [1.54, 1.807) is 6.92 Å². The number of anilines is 1. The normalized spacial score (nSPS) is 15.0. The van der Waals surface area contributed by atoms with Crippen LogP contribution in [-0.2, 0) is 0 Å². The van der Waals surface area contributed by atoms with Crippen LogP contribution >= 0.6 is 0 Å². The number of rotatable bonds is 7. The zero-order valence-corrected chi connectivity index (χ0v) is 15.0. The molecule has 0 radical (unpaired) electrons. The number of pyridine rings is 1. The van der Waals surface area contributed by atoms with E-state index in [9.17, 15) is 28.9 Å². The zero-order valence-electron chi connectivity index (χ0n) is 15.0. The Morgan fingerprint density at radius 1 is 1.39 bits per heavy atom. The van der Waals surface area contributed by atoms with Gasteiger partial charge < -0.3 is 14.4 Å². The van der Waals surface area contributed by atoms with Gasteiger partial charge in [0.25, 0.3) is 0 Å². The Bertz CT molecular complexity index is 1040. The first-order valence-corrected chi connectivity index (χ1v) is 8.22. The summed E-state index contributed by atoms with van der Waals surface area (Å²) in [7, 11) is 1.38. The average molecular weight is 393 g/mol. The second-order valence-corrected chi connectivity index (χ2v) is 6.34. The number of carboxylic acids is 1. The van der Waals surface area contributed by atoms with Crippen molar-refractivity contribution in [1.82, 2.24) is 9.58 Å². The summed E-state index contributed by atoms with van der Waals surface area (Å²) in [6.45, 7) is 1.61. The molecule has 0 aliphatic carbocycles. The molecule has 0 saturated carbocycles. The van der Waals surface area contributed by atoms with Crippen molar-refractivity contribution < 1.29 is 19.0 Å². The molecule has 1 aliphatic heterocycles. The van der Waals surface area contributed by atoms with Crippen LogP contribution in [0, 0.1) is 15.6 Å². The minimum atomic E-state index is -1.43. The van der Waals surface area contributed by atoms with Crippen LogP contribution in [0.2, 0.25) is 0 Å². The lowest BCUT2D eigenvalue weighted by Gasteiger charge is -2.30. The van der Waals surface area contributed by atoms with Crippen molar-refractivity contribution in [1.29, 1.82) is 0 Å². The fourth-order valence-electron chi connectivity index (χ4n) is 3.08. The Morgan fingerprint density at radius 2 is 2.11 bits per heavy atom. The summed E-state index contributed by atoms with van der Waals surface area (Å²) in [4.78, 5) is 45.7. The number of nitrogens with zero attached hydrogens (tertiary/aromatic N) is 5. The molecule has 1 N–H and O–H groups in total. The smallest absolute Gasteiger partial charge is 0.341 e. The van der Waals surface area contributed by atoms with E-state index in [2.05, 4.69) is 10.6 Å². The van der Waals surface area contributed by atoms with Crippen molar-refractivity contribution in [2.75, 3.05) is 31.8 Å². The third-order valence-corrected chi connectivity index (χ3v) is 4.50. The summed E-state index contributed by atoms with van der Waals surface area (Å²) in [5.74, 6) is -2.51. The van der Waals surface area contributed by atoms with Crippen molar-refractivity contribution >= 4 is 22.6 Å². The Labute approximate surface area is 156 Å². The van der Waals surface area contributed by atoms with Gasteiger partial charge >= 0.3 is 5.97 Å². The van der Waals surface area contributed by atoms with E-state index >= 15 is 0 Å². The second-order valence-electron chi connectivity index (χ2n) is 6.34. The molecule has 3 rings (SSSR count). The molecule has 11 nitrogen and oxygen atoms in total. The van der Waals surface area contributed by atoms with E-state index in [4.69, 9.17) is 4.74 Å². The van der Waals surface area contributed by atoms with Gasteiger partial charge in [0.2, 0.25) is 5.43 Å². The molecule has 0 fully saturated rings. The number of hydrogen-bond acceptors (Lipinski definition) is 7. The molecule has 1 aromatic heterocycles. The van der Waals surface area contributed by atoms with Gasteiger partial charge in [-0.1, -0.05) is 0 Å². The van der Waals surface area contributed by atoms with Crippen molar-refractivity contribution in [3.05, 3.63) is 43.7 Å². The van der Waals surface area contributed by atoms with E-state index in [0.717, 1.165) is 16.1 Å². The summed E-state index contributed by atoms with van der Waals surface area (Å²) < 4.78 is 22.0. The van der Waals surface area contributed by atoms with E-state index in [-0.39, 0.29) is 48.1 Å². The maximum absolute atomic E-state index is 14.9. The average Bonchev–Trinajstić information content (AvgIpc) is 2.67. The highest BCUT2D eigenvalue weighted by Crippen LogP contribution is 2.41. The Kier molecular flexibility index (Phi) is 4.94. The maximum atomic E-state index is 14.9. The molecule has 0 unspecified atom stereocenters. The summed E-state index contributed by atoms with van der Waals surface area (Å²) >= 11 is 0. The number of aromatic nitrogens is 1. The Morgan fingerprint density at radius 3 is 2.71 bits per heavy atom. The first-order chi connectivity index (χ1) is 13.3. The van der Waals surface area contributed by atoms with Gasteiger partial charge in [-0.3, -0.25) is 9.80 Å². The summed E-state index contributed by atoms with van der Waals surface area (Å²) in [6, 6.07) is 0.524. The highest BCUT2D eigenvalue weighted by atomic mass is 19.1. The monoisotopic (exact) mass is 393 g/mol. The van der Waals surface area contributed by atoms with Crippen molar-refractivity contribution in [2.45, 2.75) is 13.0 Å². The highest BCUT2D eigenvalue weighted by molar-refractivity contribution is 5.97. The molecule has 12 heteroatoms. The van der Waals surface area contributed by atoms with Gasteiger partial charge in [0.15, 0.2) is 11.6 Å². The molecule has 2 heterocycles. The van der Waals surface area contributed by atoms with Gasteiger partial charge in [0.05, 0.1) is 40.6 Å². The van der Waals surface area contributed by atoms with E-state index in [1.165, 1.54) is 17.8 Å². The SMILES string of the molecule is C[C@H]1COc2c(N(CCN(C)N=O)N=O)c(F)cc3c(=O)c(C(=O)O)cn1c23. The lowest BCUT2D eigenvalue weighted by Crippen LogP contribution is -2.31. The predicted octanol–water partition coefficient (Wildman–Crippen LogP) is 1.89. The van der Waals surface area contributed by atoms with Gasteiger partial charge in [0, 0.05) is 13.2 Å². The van der Waals surface area contributed by atoms with Crippen LogP contribution in [0.3, 0.4) is 0 Å². The Balaban J connectivity index is 2.27. The number of benzene rings is 1. The van der Waals surface area contributed by atoms with Gasteiger partial charge in [0.1, 0.15) is 17.9 Å². The zero-order chi connectivity index (χ0) is 20.6. The van der Waals surface area contributed by atoms with Crippen LogP contribution in [0.4, 0.5) is 10.1 Å². The maximum Gasteiger partial charge on any atom is 0.341 e. The second kappa shape index (κ2) is 7.21. The standard InChI is InChI=1S/C16H16FN5O6/c1-8-7-28-15-12-9(14(23)10(16(24)25)6-21(8)12)5-11(17)13(15)22(19-27)4-3-20(2)18-26/h5-6,8H,3-4,7H2,1-2H3,(H,24,25)/t8-/m0/s1. The van der Waals surface area contributed by atoms with Crippen LogP contribution in [0.1, 0.15) is 23.3 Å². The predicted molar refractivity (Wildman–Crippen MR) is 96.9 cm³/mol. The quantitative estimate of drug-likeness (QED) is 0.557. The molecule has 2 aromatic rings. The lowest BCUT2D eigenvalue weighted by molar-refractivity contribution is 0.0694. The molecule has 148 valence electrons. The summed E-state index contributed by atoms with van der Waals surface area (Å²) in [5, 5.41) is 16.3. The van der Waals surface area contributed by atoms with Gasteiger partial charge in [-0.25, -0.2) is 14.2 Å². The Hall–Kier alpha value is -3.57. The van der Waals surface area contributed by atoms with Crippen LogP contribution < -0.4 is 15.2 Å². The van der Waals surface area contributed by atoms with E-state index < -0.39 is 22.8 Å². The fraction of sp³-hybridized carbons (Fsp3) is 0.375. The molecular formula is C16H16FN5O6. The number of aromatic carboxylic acids is 1. The number of carbonyl (C=O) groups is 1. The summed E-state index contributed by atoms with van der Waals surface area (Å²) in [5.41, 5.74) is -1.49. The van der Waals surface area contributed by atoms with E-state index in [0.29, 0.717) is 0 Å². The van der Waals surface area contributed by atoms with Gasteiger partial charge in [-0.05, 0) is 13.0 Å². The highest BCUT2D eigenvalue weighted by Gasteiger charge is 2.30. The molecule has 1 aliphatic rings.